The largest absolute Gasteiger partial charge is 0.493 e. The summed E-state index contributed by atoms with van der Waals surface area (Å²) in [4.78, 5) is 0. The van der Waals surface area contributed by atoms with E-state index in [2.05, 4.69) is 24.3 Å². The molecule has 1 unspecified atom stereocenters. The number of methoxy groups -OCH3 is 2. The lowest BCUT2D eigenvalue weighted by molar-refractivity contribution is 0.354. The van der Waals surface area contributed by atoms with E-state index in [1.54, 1.807) is 14.2 Å². The first-order valence-corrected chi connectivity index (χ1v) is 5.73. The van der Waals surface area contributed by atoms with Crippen LogP contribution in [0.25, 0.3) is 0 Å². The number of hydrogen-bond donors (Lipinski definition) is 0. The van der Waals surface area contributed by atoms with Crippen molar-refractivity contribution in [1.29, 1.82) is 0 Å². The van der Waals surface area contributed by atoms with Gasteiger partial charge in [0.05, 0.1) is 14.2 Å². The first-order valence-electron chi connectivity index (χ1n) is 5.73. The Bertz CT molecular complexity index is 382. The zero-order chi connectivity index (χ0) is 11.4. The number of hydrogen-bond acceptors (Lipinski definition) is 2. The number of allylic oxidation sites excluding steroid dienone is 2. The summed E-state index contributed by atoms with van der Waals surface area (Å²) in [6.45, 7) is 0. The van der Waals surface area contributed by atoms with E-state index < -0.39 is 0 Å². The van der Waals surface area contributed by atoms with E-state index in [9.17, 15) is 0 Å². The predicted octanol–water partition coefficient (Wildman–Crippen LogP) is 3.53. The second kappa shape index (κ2) is 5.06. The van der Waals surface area contributed by atoms with E-state index in [0.717, 1.165) is 11.5 Å². The van der Waals surface area contributed by atoms with Gasteiger partial charge in [0, 0.05) is 5.92 Å². The van der Waals surface area contributed by atoms with Gasteiger partial charge in [0.15, 0.2) is 11.5 Å². The SMILES string of the molecule is COc1ccc(C2C=CCCC2)cc1OC. The maximum absolute atomic E-state index is 5.32. The maximum Gasteiger partial charge on any atom is 0.161 e. The third-order valence-electron chi connectivity index (χ3n) is 3.09. The molecule has 0 bridgehead atoms. The number of ether oxygens (including phenoxy) is 2. The van der Waals surface area contributed by atoms with Crippen molar-refractivity contribution in [1.82, 2.24) is 0 Å². The molecule has 0 saturated carbocycles. The molecule has 0 aliphatic heterocycles. The molecule has 1 aliphatic carbocycles. The Morgan fingerprint density at radius 1 is 1.12 bits per heavy atom. The molecule has 2 rings (SSSR count). The topological polar surface area (TPSA) is 18.5 Å². The van der Waals surface area contributed by atoms with Crippen LogP contribution in [-0.4, -0.2) is 14.2 Å². The monoisotopic (exact) mass is 218 g/mol. The minimum atomic E-state index is 0.536. The Morgan fingerprint density at radius 2 is 1.94 bits per heavy atom. The van der Waals surface area contributed by atoms with Gasteiger partial charge in [0.1, 0.15) is 0 Å². The Balaban J connectivity index is 2.28. The summed E-state index contributed by atoms with van der Waals surface area (Å²) in [5.41, 5.74) is 1.31. The van der Waals surface area contributed by atoms with Crippen LogP contribution in [0.1, 0.15) is 30.7 Å². The predicted molar refractivity (Wildman–Crippen MR) is 65.3 cm³/mol. The third-order valence-corrected chi connectivity index (χ3v) is 3.09. The van der Waals surface area contributed by atoms with Crippen LogP contribution in [0.2, 0.25) is 0 Å². The fraction of sp³-hybridized carbons (Fsp3) is 0.429. The molecule has 0 amide bonds. The summed E-state index contributed by atoms with van der Waals surface area (Å²) in [6, 6.07) is 6.19. The Labute approximate surface area is 96.9 Å². The molecule has 16 heavy (non-hydrogen) atoms. The van der Waals surface area contributed by atoms with E-state index in [1.165, 1.54) is 24.8 Å². The average Bonchev–Trinajstić information content (AvgIpc) is 2.39. The number of benzene rings is 1. The lowest BCUT2D eigenvalue weighted by Gasteiger charge is -2.18. The molecule has 0 aromatic heterocycles. The highest BCUT2D eigenvalue weighted by Gasteiger charge is 2.13. The van der Waals surface area contributed by atoms with Gasteiger partial charge >= 0.3 is 0 Å². The van der Waals surface area contributed by atoms with Crippen molar-refractivity contribution >= 4 is 0 Å². The molecule has 2 nitrogen and oxygen atoms in total. The first kappa shape index (κ1) is 11.1. The van der Waals surface area contributed by atoms with Crippen molar-refractivity contribution in [2.45, 2.75) is 25.2 Å². The van der Waals surface area contributed by atoms with Crippen molar-refractivity contribution in [2.75, 3.05) is 14.2 Å². The van der Waals surface area contributed by atoms with E-state index >= 15 is 0 Å². The van der Waals surface area contributed by atoms with E-state index in [4.69, 9.17) is 9.47 Å². The quantitative estimate of drug-likeness (QED) is 0.722. The number of rotatable bonds is 3. The summed E-state index contributed by atoms with van der Waals surface area (Å²) in [7, 11) is 3.34. The van der Waals surface area contributed by atoms with Gasteiger partial charge < -0.3 is 9.47 Å². The Hall–Kier alpha value is -1.44. The van der Waals surface area contributed by atoms with Crippen molar-refractivity contribution < 1.29 is 9.47 Å². The highest BCUT2D eigenvalue weighted by Crippen LogP contribution is 2.34. The molecule has 2 heteroatoms. The summed E-state index contributed by atoms with van der Waals surface area (Å²) in [5, 5.41) is 0. The molecular formula is C14H18O2. The molecule has 0 saturated heterocycles. The Kier molecular flexibility index (Phi) is 3.50. The molecule has 0 radical (unpaired) electrons. The lowest BCUT2D eigenvalue weighted by Crippen LogP contribution is -2.00. The maximum atomic E-state index is 5.32. The van der Waals surface area contributed by atoms with Gasteiger partial charge in [0.2, 0.25) is 0 Å². The molecule has 1 aliphatic rings. The van der Waals surface area contributed by atoms with E-state index in [-0.39, 0.29) is 0 Å². The van der Waals surface area contributed by atoms with Crippen LogP contribution < -0.4 is 9.47 Å². The molecule has 0 spiro atoms. The van der Waals surface area contributed by atoms with Gasteiger partial charge in [-0.2, -0.15) is 0 Å². The zero-order valence-electron chi connectivity index (χ0n) is 9.90. The highest BCUT2D eigenvalue weighted by molar-refractivity contribution is 5.44. The molecule has 0 N–H and O–H groups in total. The molecule has 1 atom stereocenters. The summed E-state index contributed by atoms with van der Waals surface area (Å²) < 4.78 is 10.6. The summed E-state index contributed by atoms with van der Waals surface area (Å²) in [6.07, 6.45) is 8.28. The van der Waals surface area contributed by atoms with Crippen molar-refractivity contribution in [3.63, 3.8) is 0 Å². The van der Waals surface area contributed by atoms with Gasteiger partial charge in [-0.05, 0) is 37.0 Å². The molecule has 0 heterocycles. The van der Waals surface area contributed by atoms with E-state index in [1.807, 2.05) is 6.07 Å². The second-order valence-electron chi connectivity index (χ2n) is 4.08. The average molecular weight is 218 g/mol. The van der Waals surface area contributed by atoms with Gasteiger partial charge in [-0.15, -0.1) is 0 Å². The summed E-state index contributed by atoms with van der Waals surface area (Å²) in [5.74, 6) is 2.15. The minimum Gasteiger partial charge on any atom is -0.493 e. The van der Waals surface area contributed by atoms with Crippen LogP contribution in [0, 0.1) is 0 Å². The normalized spacial score (nSPS) is 19.5. The lowest BCUT2D eigenvalue weighted by atomic mass is 9.89. The van der Waals surface area contributed by atoms with Gasteiger partial charge in [0.25, 0.3) is 0 Å². The van der Waals surface area contributed by atoms with Crippen LogP contribution >= 0.6 is 0 Å². The summed E-state index contributed by atoms with van der Waals surface area (Å²) >= 11 is 0. The van der Waals surface area contributed by atoms with Crippen molar-refractivity contribution in [2.24, 2.45) is 0 Å². The molecule has 1 aromatic carbocycles. The Morgan fingerprint density at radius 3 is 2.56 bits per heavy atom. The van der Waals surface area contributed by atoms with Gasteiger partial charge in [-0.1, -0.05) is 18.2 Å². The second-order valence-corrected chi connectivity index (χ2v) is 4.08. The first-order chi connectivity index (χ1) is 7.85. The van der Waals surface area contributed by atoms with Crippen LogP contribution in [0.4, 0.5) is 0 Å². The minimum absolute atomic E-state index is 0.536. The molecule has 86 valence electrons. The third kappa shape index (κ3) is 2.21. The van der Waals surface area contributed by atoms with Crippen molar-refractivity contribution in [3.8, 4) is 11.5 Å². The molecule has 0 fully saturated rings. The molecular weight excluding hydrogens is 200 g/mol. The van der Waals surface area contributed by atoms with Gasteiger partial charge in [-0.3, -0.25) is 0 Å². The van der Waals surface area contributed by atoms with Crippen LogP contribution in [0.15, 0.2) is 30.4 Å². The smallest absolute Gasteiger partial charge is 0.161 e. The van der Waals surface area contributed by atoms with Gasteiger partial charge in [-0.25, -0.2) is 0 Å². The highest BCUT2D eigenvalue weighted by atomic mass is 16.5. The van der Waals surface area contributed by atoms with Crippen LogP contribution in [0.5, 0.6) is 11.5 Å². The standard InChI is InChI=1S/C14H18O2/c1-15-13-9-8-12(10-14(13)16-2)11-6-4-3-5-7-11/h4,6,8-11H,3,5,7H2,1-2H3. The fourth-order valence-corrected chi connectivity index (χ4v) is 2.17. The van der Waals surface area contributed by atoms with Crippen molar-refractivity contribution in [3.05, 3.63) is 35.9 Å². The molecule has 1 aromatic rings. The zero-order valence-corrected chi connectivity index (χ0v) is 9.90. The van der Waals surface area contributed by atoms with E-state index in [0.29, 0.717) is 5.92 Å². The van der Waals surface area contributed by atoms with Crippen LogP contribution in [0.3, 0.4) is 0 Å². The fourth-order valence-electron chi connectivity index (χ4n) is 2.17. The van der Waals surface area contributed by atoms with Crippen LogP contribution in [-0.2, 0) is 0 Å².